The largest absolute Gasteiger partial charge is 0.368 e. The Morgan fingerprint density at radius 2 is 1.63 bits per heavy atom. The monoisotopic (exact) mass is 514 g/mol. The van der Waals surface area contributed by atoms with E-state index >= 15 is 0 Å². The van der Waals surface area contributed by atoms with Gasteiger partial charge in [0.1, 0.15) is 6.04 Å². The Hall–Kier alpha value is -4.18. The molecule has 10 heteroatoms. The fourth-order valence-electron chi connectivity index (χ4n) is 5.13. The normalized spacial score (nSPS) is 18.4. The molecule has 38 heavy (non-hydrogen) atoms. The van der Waals surface area contributed by atoms with Crippen molar-refractivity contribution in [1.82, 2.24) is 14.9 Å². The lowest BCUT2D eigenvalue weighted by Crippen LogP contribution is -2.52. The molecular formula is C28H34N8O2. The molecule has 2 amide bonds. The van der Waals surface area contributed by atoms with Gasteiger partial charge in [-0.3, -0.25) is 9.59 Å². The molecule has 3 aromatic rings. The van der Waals surface area contributed by atoms with Crippen LogP contribution in [0.25, 0.3) is 11.3 Å². The van der Waals surface area contributed by atoms with Crippen molar-refractivity contribution < 1.29 is 9.59 Å². The molecule has 0 saturated carbocycles. The summed E-state index contributed by atoms with van der Waals surface area (Å²) in [4.78, 5) is 39.1. The number of nitrogens with zero attached hydrogens (tertiary/aromatic N) is 5. The number of hydrogen-bond donors (Lipinski definition) is 3. The fourth-order valence-corrected chi connectivity index (χ4v) is 5.13. The molecule has 3 heterocycles. The summed E-state index contributed by atoms with van der Waals surface area (Å²) in [6, 6.07) is 17.3. The molecular weight excluding hydrogens is 480 g/mol. The molecule has 0 spiro atoms. The number of carbonyl (C=O) groups is 2. The Kier molecular flexibility index (Phi) is 7.41. The van der Waals surface area contributed by atoms with Crippen LogP contribution in [0.1, 0.15) is 19.8 Å². The van der Waals surface area contributed by atoms with Crippen molar-refractivity contribution in [1.29, 1.82) is 0 Å². The summed E-state index contributed by atoms with van der Waals surface area (Å²) in [5.74, 6) is 0.240. The van der Waals surface area contributed by atoms with Gasteiger partial charge in [-0.1, -0.05) is 12.1 Å². The highest BCUT2D eigenvalue weighted by Crippen LogP contribution is 2.28. The maximum atomic E-state index is 12.1. The lowest BCUT2D eigenvalue weighted by atomic mass is 10.1. The second-order valence-corrected chi connectivity index (χ2v) is 9.84. The molecule has 0 bridgehead atoms. The highest BCUT2D eigenvalue weighted by atomic mass is 16.2. The lowest BCUT2D eigenvalue weighted by Gasteiger charge is -2.36. The molecule has 5 rings (SSSR count). The Morgan fingerprint density at radius 3 is 2.29 bits per heavy atom. The SMILES string of the molecule is C[C@@H](N)C(=O)N1CCN(c2ccc(Nc3nccc(-c4ccc(N5CCC[C@@H]5C(N)=O)cc4)n3)cc2)CC1. The molecule has 2 fully saturated rings. The third-order valence-electron chi connectivity index (χ3n) is 7.20. The maximum Gasteiger partial charge on any atom is 0.240 e. The number of nitrogens with two attached hydrogens (primary N) is 2. The summed E-state index contributed by atoms with van der Waals surface area (Å²) in [5.41, 5.74) is 16.1. The summed E-state index contributed by atoms with van der Waals surface area (Å²) in [7, 11) is 0. The number of amides is 2. The first-order valence-corrected chi connectivity index (χ1v) is 13.0. The Morgan fingerprint density at radius 1 is 0.947 bits per heavy atom. The van der Waals surface area contributed by atoms with E-state index in [9.17, 15) is 9.59 Å². The average Bonchev–Trinajstić information content (AvgIpc) is 3.44. The highest BCUT2D eigenvalue weighted by Gasteiger charge is 2.29. The zero-order valence-electron chi connectivity index (χ0n) is 21.6. The van der Waals surface area contributed by atoms with Crippen molar-refractivity contribution in [2.45, 2.75) is 31.8 Å². The number of benzene rings is 2. The third-order valence-corrected chi connectivity index (χ3v) is 7.20. The van der Waals surface area contributed by atoms with E-state index in [2.05, 4.69) is 32.2 Å². The molecule has 198 valence electrons. The van der Waals surface area contributed by atoms with Crippen molar-refractivity contribution >= 4 is 34.8 Å². The molecule has 1 aromatic heterocycles. The van der Waals surface area contributed by atoms with Gasteiger partial charge in [-0.25, -0.2) is 9.97 Å². The smallest absolute Gasteiger partial charge is 0.240 e. The van der Waals surface area contributed by atoms with Gasteiger partial charge in [0, 0.05) is 61.5 Å². The van der Waals surface area contributed by atoms with Gasteiger partial charge in [0.2, 0.25) is 17.8 Å². The summed E-state index contributed by atoms with van der Waals surface area (Å²) in [6.45, 7) is 5.45. The molecule has 0 aliphatic carbocycles. The number of carbonyl (C=O) groups excluding carboxylic acids is 2. The quantitative estimate of drug-likeness (QED) is 0.438. The van der Waals surface area contributed by atoms with Gasteiger partial charge < -0.3 is 31.5 Å². The number of nitrogens with one attached hydrogen (secondary N) is 1. The first-order chi connectivity index (χ1) is 18.4. The molecule has 2 aromatic carbocycles. The topological polar surface area (TPSA) is 134 Å². The molecule has 0 radical (unpaired) electrons. The van der Waals surface area contributed by atoms with Crippen LogP contribution in [0.5, 0.6) is 0 Å². The van der Waals surface area contributed by atoms with Gasteiger partial charge in [-0.2, -0.15) is 0 Å². The van der Waals surface area contributed by atoms with Gasteiger partial charge in [-0.15, -0.1) is 0 Å². The van der Waals surface area contributed by atoms with Gasteiger partial charge in [0.15, 0.2) is 0 Å². The summed E-state index contributed by atoms with van der Waals surface area (Å²) in [5, 5.41) is 3.29. The van der Waals surface area contributed by atoms with Crippen molar-refractivity contribution in [3.05, 3.63) is 60.8 Å². The zero-order valence-corrected chi connectivity index (χ0v) is 21.6. The van der Waals surface area contributed by atoms with E-state index in [4.69, 9.17) is 16.5 Å². The number of hydrogen-bond acceptors (Lipinski definition) is 8. The van der Waals surface area contributed by atoms with Crippen LogP contribution in [0.3, 0.4) is 0 Å². The predicted octanol–water partition coefficient (Wildman–Crippen LogP) is 2.34. The van der Waals surface area contributed by atoms with E-state index in [1.165, 1.54) is 0 Å². The molecule has 2 aliphatic heterocycles. The van der Waals surface area contributed by atoms with Crippen molar-refractivity contribution in [2.75, 3.05) is 47.8 Å². The lowest BCUT2D eigenvalue weighted by molar-refractivity contribution is -0.132. The van der Waals surface area contributed by atoms with Crippen molar-refractivity contribution in [3.63, 3.8) is 0 Å². The average molecular weight is 515 g/mol. The number of anilines is 4. The minimum absolute atomic E-state index is 0.00526. The van der Waals surface area contributed by atoms with E-state index < -0.39 is 6.04 Å². The standard InChI is InChI=1S/C28H34N8O2/c1-19(29)27(38)35-17-15-34(16-18-35)22-10-6-21(7-11-22)32-28-31-13-12-24(33-28)20-4-8-23(9-5-20)36-14-2-3-25(36)26(30)37/h4-13,19,25H,2-3,14-18,29H2,1H3,(H2,30,37)(H,31,32,33)/t19-,25-/m1/s1. The van der Waals surface area contributed by atoms with E-state index in [1.807, 2.05) is 47.4 Å². The highest BCUT2D eigenvalue weighted by molar-refractivity contribution is 5.84. The molecule has 2 atom stereocenters. The molecule has 2 aliphatic rings. The molecule has 5 N–H and O–H groups in total. The molecule has 10 nitrogen and oxygen atoms in total. The fraction of sp³-hybridized carbons (Fsp3) is 0.357. The van der Waals surface area contributed by atoms with E-state index in [0.717, 1.165) is 60.8 Å². The van der Waals surface area contributed by atoms with E-state index in [1.54, 1.807) is 13.1 Å². The molecule has 0 unspecified atom stereocenters. The maximum absolute atomic E-state index is 12.1. The Balaban J connectivity index is 1.21. The second kappa shape index (κ2) is 11.1. The zero-order chi connectivity index (χ0) is 26.6. The van der Waals surface area contributed by atoms with Gasteiger partial charge in [0.05, 0.1) is 11.7 Å². The number of aromatic nitrogens is 2. The van der Waals surface area contributed by atoms with Crippen LogP contribution in [0, 0.1) is 0 Å². The first-order valence-electron chi connectivity index (χ1n) is 13.0. The van der Waals surface area contributed by atoms with Gasteiger partial charge in [0.25, 0.3) is 0 Å². The summed E-state index contributed by atoms with van der Waals surface area (Å²) >= 11 is 0. The summed E-state index contributed by atoms with van der Waals surface area (Å²) in [6.07, 6.45) is 3.49. The van der Waals surface area contributed by atoms with Crippen LogP contribution in [0.4, 0.5) is 23.0 Å². The second-order valence-electron chi connectivity index (χ2n) is 9.84. The van der Waals surface area contributed by atoms with Gasteiger partial charge in [-0.05, 0) is 62.2 Å². The number of piperazine rings is 1. The minimum Gasteiger partial charge on any atom is -0.368 e. The Labute approximate surface area is 222 Å². The van der Waals surface area contributed by atoms with Crippen LogP contribution in [-0.2, 0) is 9.59 Å². The van der Waals surface area contributed by atoms with Crippen LogP contribution in [0.15, 0.2) is 60.8 Å². The van der Waals surface area contributed by atoms with Crippen LogP contribution >= 0.6 is 0 Å². The van der Waals surface area contributed by atoms with Crippen LogP contribution in [0.2, 0.25) is 0 Å². The number of primary amides is 1. The van der Waals surface area contributed by atoms with E-state index in [0.29, 0.717) is 19.0 Å². The van der Waals surface area contributed by atoms with Crippen LogP contribution in [-0.4, -0.2) is 71.5 Å². The number of rotatable bonds is 7. The molecule has 2 saturated heterocycles. The van der Waals surface area contributed by atoms with Gasteiger partial charge >= 0.3 is 0 Å². The summed E-state index contributed by atoms with van der Waals surface area (Å²) < 4.78 is 0. The predicted molar refractivity (Wildman–Crippen MR) is 149 cm³/mol. The third kappa shape index (κ3) is 5.55. The first kappa shape index (κ1) is 25.5. The van der Waals surface area contributed by atoms with Crippen LogP contribution < -0.4 is 26.6 Å². The Bertz CT molecular complexity index is 1270. The minimum atomic E-state index is -0.460. The van der Waals surface area contributed by atoms with E-state index in [-0.39, 0.29) is 17.9 Å². The van der Waals surface area contributed by atoms with Crippen molar-refractivity contribution in [3.8, 4) is 11.3 Å². The van der Waals surface area contributed by atoms with Crippen molar-refractivity contribution in [2.24, 2.45) is 11.5 Å².